The lowest BCUT2D eigenvalue weighted by atomic mass is 9.95. The van der Waals surface area contributed by atoms with Gasteiger partial charge in [-0.2, -0.15) is 13.2 Å². The minimum Gasteiger partial charge on any atom is -0.493 e. The zero-order valence-electron chi connectivity index (χ0n) is 25.8. The molecular weight excluding hydrogens is 570 g/mol. The van der Waals surface area contributed by atoms with E-state index in [1.165, 1.54) is 12.1 Å². The van der Waals surface area contributed by atoms with Gasteiger partial charge in [-0.1, -0.05) is 67.1 Å². The molecule has 0 unspecified atom stereocenters. The van der Waals surface area contributed by atoms with Gasteiger partial charge in [0.05, 0.1) is 18.8 Å². The van der Waals surface area contributed by atoms with E-state index in [2.05, 4.69) is 0 Å². The van der Waals surface area contributed by atoms with Crippen LogP contribution in [0.15, 0.2) is 60.7 Å². The lowest BCUT2D eigenvalue weighted by Crippen LogP contribution is -2.46. The highest BCUT2D eigenvalue weighted by molar-refractivity contribution is 5.79. The van der Waals surface area contributed by atoms with E-state index in [1.54, 1.807) is 26.8 Å². The van der Waals surface area contributed by atoms with Crippen molar-refractivity contribution in [2.45, 2.75) is 77.7 Å². The van der Waals surface area contributed by atoms with Gasteiger partial charge in [-0.25, -0.2) is 0 Å². The Bertz CT molecular complexity index is 1440. The molecular formula is C36H41F4NO3. The molecule has 1 heterocycles. The second kappa shape index (κ2) is 14.4. The zero-order valence-corrected chi connectivity index (χ0v) is 25.8. The number of ether oxygens (including phenoxy) is 2. The van der Waals surface area contributed by atoms with E-state index in [9.17, 15) is 22.4 Å². The fourth-order valence-electron chi connectivity index (χ4n) is 5.50. The monoisotopic (exact) mass is 611 g/mol. The molecule has 1 saturated heterocycles. The van der Waals surface area contributed by atoms with Crippen molar-refractivity contribution in [2.75, 3.05) is 19.8 Å². The van der Waals surface area contributed by atoms with Gasteiger partial charge in [0.15, 0.2) is 0 Å². The Morgan fingerprint density at radius 1 is 0.977 bits per heavy atom. The van der Waals surface area contributed by atoms with Crippen LogP contribution in [-0.2, 0) is 22.3 Å². The minimum absolute atomic E-state index is 0.0196. The summed E-state index contributed by atoms with van der Waals surface area (Å²) in [5, 5.41) is 0. The molecule has 0 N–H and O–H groups in total. The summed E-state index contributed by atoms with van der Waals surface area (Å²) >= 11 is 0. The topological polar surface area (TPSA) is 38.8 Å². The van der Waals surface area contributed by atoms with E-state index >= 15 is 0 Å². The number of hydrogen-bond donors (Lipinski definition) is 0. The number of halogens is 4. The van der Waals surface area contributed by atoms with Crippen LogP contribution < -0.4 is 4.74 Å². The van der Waals surface area contributed by atoms with E-state index in [0.717, 1.165) is 41.2 Å². The van der Waals surface area contributed by atoms with Crippen LogP contribution in [0.5, 0.6) is 5.75 Å². The average Bonchev–Trinajstić information content (AvgIpc) is 2.97. The van der Waals surface area contributed by atoms with Crippen LogP contribution in [-0.4, -0.2) is 42.3 Å². The number of piperidine rings is 1. The maximum absolute atomic E-state index is 14.5. The molecule has 1 atom stereocenters. The van der Waals surface area contributed by atoms with Gasteiger partial charge >= 0.3 is 12.1 Å². The molecule has 1 aliphatic heterocycles. The number of rotatable bonds is 10. The Morgan fingerprint density at radius 2 is 1.70 bits per heavy atom. The summed E-state index contributed by atoms with van der Waals surface area (Å²) in [6.45, 7) is 7.33. The Labute approximate surface area is 257 Å². The molecule has 44 heavy (non-hydrogen) atoms. The van der Waals surface area contributed by atoms with Crippen LogP contribution >= 0.6 is 0 Å². The number of hydrogen-bond acceptors (Lipinski definition) is 4. The van der Waals surface area contributed by atoms with E-state index < -0.39 is 30.1 Å². The normalized spacial score (nSPS) is 16.3. The van der Waals surface area contributed by atoms with Crippen molar-refractivity contribution in [1.82, 2.24) is 4.90 Å². The largest absolute Gasteiger partial charge is 0.493 e. The van der Waals surface area contributed by atoms with E-state index in [-0.39, 0.29) is 36.9 Å². The van der Waals surface area contributed by atoms with Crippen molar-refractivity contribution in [1.29, 1.82) is 0 Å². The summed E-state index contributed by atoms with van der Waals surface area (Å²) in [7, 11) is 0. The maximum Gasteiger partial charge on any atom is 0.417 e. The smallest absolute Gasteiger partial charge is 0.417 e. The molecule has 8 heteroatoms. The van der Waals surface area contributed by atoms with Crippen molar-refractivity contribution >= 4 is 18.1 Å². The summed E-state index contributed by atoms with van der Waals surface area (Å²) in [6, 6.07) is 17.5. The Morgan fingerprint density at radius 3 is 2.39 bits per heavy atom. The summed E-state index contributed by atoms with van der Waals surface area (Å²) in [6.07, 6.45) is 0.799. The molecule has 236 valence electrons. The van der Waals surface area contributed by atoms with E-state index in [1.807, 2.05) is 60.4 Å². The highest BCUT2D eigenvalue weighted by atomic mass is 19.4. The first-order valence-electron chi connectivity index (χ1n) is 15.1. The second-order valence-corrected chi connectivity index (χ2v) is 12.2. The van der Waals surface area contributed by atoms with Gasteiger partial charge in [0.1, 0.15) is 17.4 Å². The van der Waals surface area contributed by atoms with Gasteiger partial charge in [-0.3, -0.25) is 14.1 Å². The van der Waals surface area contributed by atoms with Gasteiger partial charge < -0.3 is 9.47 Å². The molecule has 3 aromatic rings. The summed E-state index contributed by atoms with van der Waals surface area (Å²) in [4.78, 5) is 14.9. The van der Waals surface area contributed by atoms with Gasteiger partial charge in [0, 0.05) is 18.5 Å². The van der Waals surface area contributed by atoms with Gasteiger partial charge in [-0.05, 0) is 87.0 Å². The quantitative estimate of drug-likeness (QED) is 0.0992. The fraction of sp³-hybridized carbons (Fsp3) is 0.417. The highest BCUT2D eigenvalue weighted by Crippen LogP contribution is 2.38. The third-order valence-electron chi connectivity index (χ3n) is 7.64. The molecule has 3 aromatic carbocycles. The average molecular weight is 612 g/mol. The van der Waals surface area contributed by atoms with Crippen LogP contribution in [0.1, 0.15) is 74.3 Å². The minimum atomic E-state index is -4.64. The Balaban J connectivity index is 1.72. The van der Waals surface area contributed by atoms with Crippen LogP contribution in [0, 0.1) is 6.92 Å². The van der Waals surface area contributed by atoms with Crippen LogP contribution in [0.4, 0.5) is 17.6 Å². The number of carbonyl (C=O) groups is 1. The fourth-order valence-corrected chi connectivity index (χ4v) is 5.50. The zero-order chi connectivity index (χ0) is 31.9. The number of alkyl halides is 4. The third kappa shape index (κ3) is 8.72. The Hall–Kier alpha value is -3.65. The van der Waals surface area contributed by atoms with Crippen LogP contribution in [0.3, 0.4) is 0 Å². The SMILES string of the molecule is Cc1c(/C=C/c2cc(OCCCF)c(CN3CCCC[C@H]3C(=O)OC(C)(C)C)cc2C(F)(F)F)cccc1-c1ccccc1. The maximum atomic E-state index is 14.5. The van der Waals surface area contributed by atoms with Crippen molar-refractivity contribution in [3.63, 3.8) is 0 Å². The molecule has 0 aromatic heterocycles. The lowest BCUT2D eigenvalue weighted by molar-refractivity contribution is -0.163. The molecule has 1 fully saturated rings. The first kappa shape index (κ1) is 33.2. The predicted octanol–water partition coefficient (Wildman–Crippen LogP) is 9.29. The summed E-state index contributed by atoms with van der Waals surface area (Å²) in [5.74, 6) is -0.143. The first-order chi connectivity index (χ1) is 20.9. The molecule has 4 rings (SSSR count). The molecule has 0 radical (unpaired) electrons. The van der Waals surface area contributed by atoms with Gasteiger partial charge in [-0.15, -0.1) is 0 Å². The molecule has 0 spiro atoms. The second-order valence-electron chi connectivity index (χ2n) is 12.2. The summed E-state index contributed by atoms with van der Waals surface area (Å²) in [5.41, 5.74) is 2.51. The Kier molecular flexibility index (Phi) is 10.9. The summed E-state index contributed by atoms with van der Waals surface area (Å²) < 4.78 is 68.0. The van der Waals surface area contributed by atoms with Crippen molar-refractivity contribution in [3.8, 4) is 16.9 Å². The number of likely N-dealkylation sites (tertiary alicyclic amines) is 1. The van der Waals surface area contributed by atoms with E-state index in [0.29, 0.717) is 18.5 Å². The standard InChI is InChI=1S/C36H41F4NO3/c1-25-26(14-10-15-30(25)27-12-6-5-7-13-27)17-18-28-23-33(43-21-11-19-37)29(22-31(28)36(38,39)40)24-41-20-9-8-16-32(41)34(42)44-35(2,3)4/h5-7,10,12-15,17-18,22-23,32H,8-9,11,16,19-21,24H2,1-4H3/b18-17+/t32-/m0/s1. The molecule has 4 nitrogen and oxygen atoms in total. The molecule has 1 aliphatic rings. The number of benzene rings is 3. The first-order valence-corrected chi connectivity index (χ1v) is 15.1. The predicted molar refractivity (Wildman–Crippen MR) is 167 cm³/mol. The van der Waals surface area contributed by atoms with Crippen LogP contribution in [0.25, 0.3) is 23.3 Å². The lowest BCUT2D eigenvalue weighted by Gasteiger charge is -2.36. The highest BCUT2D eigenvalue weighted by Gasteiger charge is 2.36. The number of nitrogens with zero attached hydrogens (tertiary/aromatic N) is 1. The molecule has 0 amide bonds. The van der Waals surface area contributed by atoms with Gasteiger partial charge in [0.2, 0.25) is 0 Å². The molecule has 0 bridgehead atoms. The number of carbonyl (C=O) groups excluding carboxylic acids is 1. The van der Waals surface area contributed by atoms with Crippen molar-refractivity contribution in [3.05, 3.63) is 88.5 Å². The molecule has 0 aliphatic carbocycles. The van der Waals surface area contributed by atoms with E-state index in [4.69, 9.17) is 9.47 Å². The molecule has 0 saturated carbocycles. The number of esters is 1. The third-order valence-corrected chi connectivity index (χ3v) is 7.64. The van der Waals surface area contributed by atoms with Crippen LogP contribution in [0.2, 0.25) is 0 Å². The van der Waals surface area contributed by atoms with Crippen molar-refractivity contribution < 1.29 is 31.8 Å². The van der Waals surface area contributed by atoms with Gasteiger partial charge in [0.25, 0.3) is 0 Å². The van der Waals surface area contributed by atoms with Crippen molar-refractivity contribution in [2.24, 2.45) is 0 Å².